The minimum Gasteiger partial charge on any atom is -0.339 e. The number of piperazine rings is 1. The predicted molar refractivity (Wildman–Crippen MR) is 118 cm³/mol. The monoisotopic (exact) mass is 442 g/mol. The first-order chi connectivity index (χ1) is 14.6. The first-order valence-corrected chi connectivity index (χ1v) is 11.2. The van der Waals surface area contributed by atoms with Crippen LogP contribution in [0.5, 0.6) is 0 Å². The Kier molecular flexibility index (Phi) is 6.66. The summed E-state index contributed by atoms with van der Waals surface area (Å²) in [6.07, 6.45) is 0. The summed E-state index contributed by atoms with van der Waals surface area (Å²) in [6.45, 7) is 6.09. The molecule has 3 aromatic rings. The number of aromatic nitrogens is 4. The maximum Gasteiger partial charge on any atom is 0.233 e. The van der Waals surface area contributed by atoms with Crippen molar-refractivity contribution in [1.82, 2.24) is 30.0 Å². The number of tetrazole rings is 1. The zero-order valence-electron chi connectivity index (χ0n) is 16.7. The van der Waals surface area contributed by atoms with Crippen LogP contribution in [0.1, 0.15) is 11.1 Å². The molecule has 0 unspecified atom stereocenters. The Morgan fingerprint density at radius 1 is 1.10 bits per heavy atom. The zero-order chi connectivity index (χ0) is 20.9. The van der Waals surface area contributed by atoms with E-state index in [1.54, 1.807) is 4.68 Å². The van der Waals surface area contributed by atoms with E-state index in [-0.39, 0.29) is 5.91 Å². The van der Waals surface area contributed by atoms with Crippen molar-refractivity contribution in [1.29, 1.82) is 0 Å². The number of carbonyl (C=O) groups excluding carboxylic acids is 1. The van der Waals surface area contributed by atoms with Crippen LogP contribution in [-0.4, -0.2) is 67.8 Å². The largest absolute Gasteiger partial charge is 0.339 e. The van der Waals surface area contributed by atoms with Gasteiger partial charge in [0.15, 0.2) is 0 Å². The van der Waals surface area contributed by atoms with Crippen LogP contribution in [0.25, 0.3) is 5.69 Å². The number of halogens is 1. The number of carbonyl (C=O) groups is 1. The Hall–Kier alpha value is -2.42. The maximum atomic E-state index is 12.7. The van der Waals surface area contributed by atoms with E-state index in [1.165, 1.54) is 17.3 Å². The van der Waals surface area contributed by atoms with Crippen LogP contribution in [-0.2, 0) is 11.3 Å². The molecule has 1 fully saturated rings. The molecule has 30 heavy (non-hydrogen) atoms. The third-order valence-corrected chi connectivity index (χ3v) is 6.21. The molecular weight excluding hydrogens is 420 g/mol. The standard InChI is InChI=1S/C21H23ClN6OS/c1-16-3-2-4-19(13-16)28-21(23-24-25-28)30-15-20(29)27-11-9-26(10-12-27)14-17-5-7-18(22)8-6-17/h2-8,13H,9-12,14-15H2,1H3. The Morgan fingerprint density at radius 3 is 2.60 bits per heavy atom. The second kappa shape index (κ2) is 9.59. The van der Waals surface area contributed by atoms with Gasteiger partial charge in [0.25, 0.3) is 0 Å². The molecule has 4 rings (SSSR count). The maximum absolute atomic E-state index is 12.7. The van der Waals surface area contributed by atoms with Gasteiger partial charge in [0, 0.05) is 37.7 Å². The first-order valence-electron chi connectivity index (χ1n) is 9.81. The molecule has 1 aromatic heterocycles. The molecule has 0 spiro atoms. The number of hydrogen-bond acceptors (Lipinski definition) is 6. The number of benzene rings is 2. The number of amides is 1. The van der Waals surface area contributed by atoms with E-state index in [4.69, 9.17) is 11.6 Å². The lowest BCUT2D eigenvalue weighted by atomic mass is 10.2. The zero-order valence-corrected chi connectivity index (χ0v) is 18.3. The van der Waals surface area contributed by atoms with Crippen molar-refractivity contribution < 1.29 is 4.79 Å². The van der Waals surface area contributed by atoms with Gasteiger partial charge in [-0.15, -0.1) is 5.10 Å². The minimum absolute atomic E-state index is 0.116. The number of rotatable bonds is 6. The van der Waals surface area contributed by atoms with Crippen molar-refractivity contribution in [3.63, 3.8) is 0 Å². The van der Waals surface area contributed by atoms with Gasteiger partial charge in [0.2, 0.25) is 11.1 Å². The van der Waals surface area contributed by atoms with Crippen molar-refractivity contribution >= 4 is 29.3 Å². The Morgan fingerprint density at radius 2 is 1.87 bits per heavy atom. The topological polar surface area (TPSA) is 67.2 Å². The summed E-state index contributed by atoms with van der Waals surface area (Å²) in [5.74, 6) is 0.438. The molecule has 1 saturated heterocycles. The number of hydrogen-bond donors (Lipinski definition) is 0. The molecule has 0 atom stereocenters. The second-order valence-corrected chi connectivity index (χ2v) is 8.66. The Bertz CT molecular complexity index is 1000. The van der Waals surface area contributed by atoms with E-state index in [1.807, 2.05) is 48.2 Å². The summed E-state index contributed by atoms with van der Waals surface area (Å²) >= 11 is 7.32. The van der Waals surface area contributed by atoms with Crippen molar-refractivity contribution in [2.45, 2.75) is 18.6 Å². The summed E-state index contributed by atoms with van der Waals surface area (Å²) in [5, 5.41) is 13.3. The summed E-state index contributed by atoms with van der Waals surface area (Å²) in [5.41, 5.74) is 3.26. The molecule has 1 aliphatic rings. The molecule has 0 N–H and O–H groups in total. The summed E-state index contributed by atoms with van der Waals surface area (Å²) < 4.78 is 1.68. The predicted octanol–water partition coefficient (Wildman–Crippen LogP) is 3.06. The third-order valence-electron chi connectivity index (χ3n) is 5.06. The van der Waals surface area contributed by atoms with E-state index < -0.39 is 0 Å². The van der Waals surface area contributed by atoms with E-state index in [0.717, 1.165) is 49.0 Å². The lowest BCUT2D eigenvalue weighted by molar-refractivity contribution is -0.130. The van der Waals surface area contributed by atoms with Gasteiger partial charge in [-0.1, -0.05) is 47.6 Å². The second-order valence-electron chi connectivity index (χ2n) is 7.28. The van der Waals surface area contributed by atoms with Gasteiger partial charge in [-0.25, -0.2) is 0 Å². The van der Waals surface area contributed by atoms with Gasteiger partial charge >= 0.3 is 0 Å². The molecule has 1 aliphatic heterocycles. The van der Waals surface area contributed by atoms with Gasteiger partial charge in [0.1, 0.15) is 0 Å². The van der Waals surface area contributed by atoms with Crippen LogP contribution in [0.3, 0.4) is 0 Å². The van der Waals surface area contributed by atoms with Crippen LogP contribution < -0.4 is 0 Å². The van der Waals surface area contributed by atoms with E-state index in [0.29, 0.717) is 10.9 Å². The highest BCUT2D eigenvalue weighted by atomic mass is 35.5. The smallest absolute Gasteiger partial charge is 0.233 e. The van der Waals surface area contributed by atoms with Gasteiger partial charge in [-0.2, -0.15) is 4.68 Å². The van der Waals surface area contributed by atoms with E-state index in [9.17, 15) is 4.79 Å². The highest BCUT2D eigenvalue weighted by Gasteiger charge is 2.22. The van der Waals surface area contributed by atoms with Crippen molar-refractivity contribution in [3.8, 4) is 5.69 Å². The quantitative estimate of drug-likeness (QED) is 0.546. The van der Waals surface area contributed by atoms with Crippen LogP contribution >= 0.6 is 23.4 Å². The summed E-state index contributed by atoms with van der Waals surface area (Å²) in [7, 11) is 0. The highest BCUT2D eigenvalue weighted by molar-refractivity contribution is 7.99. The lowest BCUT2D eigenvalue weighted by Gasteiger charge is -2.34. The van der Waals surface area contributed by atoms with Crippen LogP contribution in [0.4, 0.5) is 0 Å². The fourth-order valence-electron chi connectivity index (χ4n) is 3.41. The lowest BCUT2D eigenvalue weighted by Crippen LogP contribution is -2.48. The van der Waals surface area contributed by atoms with E-state index in [2.05, 4.69) is 32.6 Å². The molecule has 0 saturated carbocycles. The average Bonchev–Trinajstić information content (AvgIpc) is 3.23. The molecule has 0 bridgehead atoms. The third kappa shape index (κ3) is 5.19. The molecule has 2 heterocycles. The van der Waals surface area contributed by atoms with Gasteiger partial charge < -0.3 is 4.90 Å². The SMILES string of the molecule is Cc1cccc(-n2nnnc2SCC(=O)N2CCN(Cc3ccc(Cl)cc3)CC2)c1. The molecule has 156 valence electrons. The molecular formula is C21H23ClN6OS. The highest BCUT2D eigenvalue weighted by Crippen LogP contribution is 2.20. The average molecular weight is 443 g/mol. The number of nitrogens with zero attached hydrogens (tertiary/aromatic N) is 6. The molecule has 7 nitrogen and oxygen atoms in total. The van der Waals surface area contributed by atoms with Gasteiger partial charge in [-0.05, 0) is 52.7 Å². The van der Waals surface area contributed by atoms with Crippen LogP contribution in [0.15, 0.2) is 53.7 Å². The fourth-order valence-corrected chi connectivity index (χ4v) is 4.33. The van der Waals surface area contributed by atoms with Gasteiger partial charge in [-0.3, -0.25) is 9.69 Å². The van der Waals surface area contributed by atoms with Crippen molar-refractivity contribution in [2.75, 3.05) is 31.9 Å². The summed E-state index contributed by atoms with van der Waals surface area (Å²) in [4.78, 5) is 17.0. The summed E-state index contributed by atoms with van der Waals surface area (Å²) in [6, 6.07) is 15.9. The molecule has 1 amide bonds. The minimum atomic E-state index is 0.116. The van der Waals surface area contributed by atoms with Crippen LogP contribution in [0.2, 0.25) is 5.02 Å². The number of aryl methyl sites for hydroxylation is 1. The first kappa shape index (κ1) is 20.8. The molecule has 0 aliphatic carbocycles. The van der Waals surface area contributed by atoms with Gasteiger partial charge in [0.05, 0.1) is 11.4 Å². The molecule has 9 heteroatoms. The Balaban J connectivity index is 1.28. The van der Waals surface area contributed by atoms with E-state index >= 15 is 0 Å². The normalized spacial score (nSPS) is 14.8. The number of thioether (sulfide) groups is 1. The fraction of sp³-hybridized carbons (Fsp3) is 0.333. The molecule has 2 aromatic carbocycles. The Labute approximate surface area is 185 Å². The van der Waals surface area contributed by atoms with Crippen LogP contribution in [0, 0.1) is 6.92 Å². The molecule has 0 radical (unpaired) electrons. The van der Waals surface area contributed by atoms with Crippen molar-refractivity contribution in [3.05, 3.63) is 64.7 Å². The van der Waals surface area contributed by atoms with Crippen molar-refractivity contribution in [2.24, 2.45) is 0 Å².